The Balaban J connectivity index is 1.70. The fourth-order valence-corrected chi connectivity index (χ4v) is 5.30. The SMILES string of the molecule is CC(C)C(=O)c1c(C2=NOC(c3cc(Cl)cc(Cl)c3F)C2C(F)(F)F)ccc2c1C(=O)OC21CNC1. The van der Waals surface area contributed by atoms with Gasteiger partial charge in [0.15, 0.2) is 17.5 Å². The van der Waals surface area contributed by atoms with Crippen molar-refractivity contribution in [2.75, 3.05) is 13.1 Å². The van der Waals surface area contributed by atoms with Crippen molar-refractivity contribution in [2.45, 2.75) is 31.7 Å². The summed E-state index contributed by atoms with van der Waals surface area (Å²) in [5.41, 5.74) is -2.29. The van der Waals surface area contributed by atoms with E-state index in [1.807, 2.05) is 0 Å². The number of Topliss-reactive ketones (excluding diaryl/α,β-unsaturated/α-hetero) is 1. The van der Waals surface area contributed by atoms with Crippen LogP contribution in [0.15, 0.2) is 29.4 Å². The summed E-state index contributed by atoms with van der Waals surface area (Å²) in [6.45, 7) is 3.75. The maximum atomic E-state index is 14.8. The van der Waals surface area contributed by atoms with Crippen molar-refractivity contribution in [1.82, 2.24) is 5.32 Å². The van der Waals surface area contributed by atoms with E-state index in [2.05, 4.69) is 10.5 Å². The van der Waals surface area contributed by atoms with Gasteiger partial charge in [-0.15, -0.1) is 0 Å². The second-order valence-corrected chi connectivity index (χ2v) is 10.1. The number of carbonyl (C=O) groups excluding carboxylic acids is 2. The van der Waals surface area contributed by atoms with Crippen molar-refractivity contribution >= 4 is 40.7 Å². The molecule has 2 aromatic carbocycles. The van der Waals surface area contributed by atoms with Gasteiger partial charge in [-0.3, -0.25) is 4.79 Å². The third kappa shape index (κ3) is 3.69. The molecule has 0 aromatic heterocycles. The normalized spacial score (nSPS) is 22.2. The number of fused-ring (bicyclic) bond motifs is 2. The van der Waals surface area contributed by atoms with Gasteiger partial charge in [0.25, 0.3) is 0 Å². The molecule has 0 amide bonds. The van der Waals surface area contributed by atoms with E-state index in [1.165, 1.54) is 12.1 Å². The van der Waals surface area contributed by atoms with Gasteiger partial charge in [-0.2, -0.15) is 13.2 Å². The summed E-state index contributed by atoms with van der Waals surface area (Å²) >= 11 is 11.7. The number of nitrogens with one attached hydrogen (secondary N) is 1. The van der Waals surface area contributed by atoms with Crippen LogP contribution >= 0.6 is 23.2 Å². The molecule has 190 valence electrons. The number of halogens is 6. The molecule has 1 fully saturated rings. The number of hydrogen-bond acceptors (Lipinski definition) is 6. The molecule has 6 nitrogen and oxygen atoms in total. The van der Waals surface area contributed by atoms with Gasteiger partial charge in [0.1, 0.15) is 17.4 Å². The fourth-order valence-electron chi connectivity index (χ4n) is 4.79. The Morgan fingerprint density at radius 1 is 1.22 bits per heavy atom. The predicted molar refractivity (Wildman–Crippen MR) is 122 cm³/mol. The summed E-state index contributed by atoms with van der Waals surface area (Å²) in [6, 6.07) is 4.81. The van der Waals surface area contributed by atoms with Crippen LogP contribution < -0.4 is 5.32 Å². The molecule has 0 bridgehead atoms. The highest BCUT2D eigenvalue weighted by atomic mass is 35.5. The Morgan fingerprint density at radius 2 is 1.92 bits per heavy atom. The van der Waals surface area contributed by atoms with Crippen molar-refractivity contribution in [2.24, 2.45) is 17.0 Å². The topological polar surface area (TPSA) is 77.0 Å². The number of ketones is 1. The van der Waals surface area contributed by atoms with Crippen LogP contribution in [-0.2, 0) is 15.2 Å². The van der Waals surface area contributed by atoms with Gasteiger partial charge < -0.3 is 14.9 Å². The van der Waals surface area contributed by atoms with Gasteiger partial charge >= 0.3 is 12.1 Å². The molecule has 36 heavy (non-hydrogen) atoms. The van der Waals surface area contributed by atoms with Crippen LogP contribution in [0.1, 0.15) is 57.4 Å². The second kappa shape index (κ2) is 8.43. The molecule has 0 radical (unpaired) electrons. The van der Waals surface area contributed by atoms with Crippen molar-refractivity contribution in [3.8, 4) is 0 Å². The lowest BCUT2D eigenvalue weighted by molar-refractivity contribution is -0.178. The first-order valence-corrected chi connectivity index (χ1v) is 11.7. The highest BCUT2D eigenvalue weighted by molar-refractivity contribution is 6.34. The maximum Gasteiger partial charge on any atom is 0.401 e. The minimum atomic E-state index is -4.97. The first-order chi connectivity index (χ1) is 16.9. The zero-order chi connectivity index (χ0) is 26.2. The molecule has 1 N–H and O–H groups in total. The van der Waals surface area contributed by atoms with E-state index in [1.54, 1.807) is 13.8 Å². The Morgan fingerprint density at radius 3 is 2.50 bits per heavy atom. The number of alkyl halides is 3. The van der Waals surface area contributed by atoms with Gasteiger partial charge in [-0.25, -0.2) is 9.18 Å². The maximum absolute atomic E-state index is 14.8. The molecule has 2 atom stereocenters. The van der Waals surface area contributed by atoms with E-state index in [9.17, 15) is 27.2 Å². The van der Waals surface area contributed by atoms with E-state index in [4.69, 9.17) is 32.8 Å². The molecule has 5 rings (SSSR count). The lowest BCUT2D eigenvalue weighted by Crippen LogP contribution is -2.57. The zero-order valence-electron chi connectivity index (χ0n) is 18.8. The first kappa shape index (κ1) is 25.0. The minimum Gasteiger partial charge on any atom is -0.448 e. The van der Waals surface area contributed by atoms with E-state index in [-0.39, 0.29) is 21.7 Å². The predicted octanol–water partition coefficient (Wildman–Crippen LogP) is 5.59. The molecule has 1 saturated heterocycles. The number of nitrogens with zero attached hydrogens (tertiary/aromatic N) is 1. The van der Waals surface area contributed by atoms with Crippen molar-refractivity contribution in [3.63, 3.8) is 0 Å². The van der Waals surface area contributed by atoms with Crippen LogP contribution in [0, 0.1) is 17.7 Å². The van der Waals surface area contributed by atoms with Crippen molar-refractivity contribution in [1.29, 1.82) is 0 Å². The second-order valence-electron chi connectivity index (χ2n) is 9.23. The smallest absolute Gasteiger partial charge is 0.401 e. The van der Waals surface area contributed by atoms with Crippen LogP contribution in [0.3, 0.4) is 0 Å². The molecular formula is C24H18Cl2F4N2O4. The van der Waals surface area contributed by atoms with Gasteiger partial charge in [0, 0.05) is 46.3 Å². The number of hydrogen-bond donors (Lipinski definition) is 1. The summed E-state index contributed by atoms with van der Waals surface area (Å²) < 4.78 is 63.7. The zero-order valence-corrected chi connectivity index (χ0v) is 20.3. The van der Waals surface area contributed by atoms with Crippen LogP contribution in [0.2, 0.25) is 10.0 Å². The standard InChI is InChI=1S/C24H18Cl2F4N2O4/c1-9(2)20(33)15-11(3-4-13-16(15)22(34)35-23(13)7-31-8-23)19-17(24(28,29)30)21(36-32-19)12-5-10(25)6-14(26)18(12)27/h3-6,9,17,21,31H,7-8H2,1-2H3. The molecule has 3 heterocycles. The average molecular weight is 545 g/mol. The average Bonchev–Trinajstić information content (AvgIpc) is 3.34. The number of benzene rings is 2. The van der Waals surface area contributed by atoms with E-state index >= 15 is 0 Å². The Bertz CT molecular complexity index is 1340. The van der Waals surface area contributed by atoms with Crippen LogP contribution in [0.4, 0.5) is 17.6 Å². The Kier molecular flexibility index (Phi) is 5.85. The Hall–Kier alpha value is -2.69. The first-order valence-electron chi connectivity index (χ1n) is 11.0. The third-order valence-corrected chi connectivity index (χ3v) is 7.09. The highest BCUT2D eigenvalue weighted by Gasteiger charge is 2.57. The van der Waals surface area contributed by atoms with Crippen LogP contribution in [0.25, 0.3) is 0 Å². The monoisotopic (exact) mass is 544 g/mol. The van der Waals surface area contributed by atoms with Crippen LogP contribution in [-0.4, -0.2) is 36.7 Å². The molecule has 3 aliphatic heterocycles. The third-order valence-electron chi connectivity index (χ3n) is 6.60. The lowest BCUT2D eigenvalue weighted by Gasteiger charge is -2.38. The summed E-state index contributed by atoms with van der Waals surface area (Å²) in [4.78, 5) is 31.3. The molecule has 12 heteroatoms. The molecule has 0 aliphatic carbocycles. The van der Waals surface area contributed by atoms with E-state index in [0.717, 1.165) is 12.1 Å². The number of rotatable bonds is 4. The van der Waals surface area contributed by atoms with Crippen molar-refractivity contribution in [3.05, 3.63) is 67.9 Å². The molecular weight excluding hydrogens is 527 g/mol. The number of esters is 1. The number of oxime groups is 1. The van der Waals surface area contributed by atoms with Crippen LogP contribution in [0.5, 0.6) is 0 Å². The molecule has 0 saturated carbocycles. The highest BCUT2D eigenvalue weighted by Crippen LogP contribution is 2.49. The fraction of sp³-hybridized carbons (Fsp3) is 0.375. The van der Waals surface area contributed by atoms with Gasteiger partial charge in [-0.05, 0) is 12.1 Å². The summed E-state index contributed by atoms with van der Waals surface area (Å²) in [5, 5.41) is 6.09. The summed E-state index contributed by atoms with van der Waals surface area (Å²) in [5.74, 6) is -5.63. The van der Waals surface area contributed by atoms with E-state index < -0.39 is 63.6 Å². The van der Waals surface area contributed by atoms with E-state index in [0.29, 0.717) is 18.7 Å². The van der Waals surface area contributed by atoms with Crippen molar-refractivity contribution < 1.29 is 36.7 Å². The number of ether oxygens (including phenoxy) is 1. The van der Waals surface area contributed by atoms with Gasteiger partial charge in [0.05, 0.1) is 10.6 Å². The minimum absolute atomic E-state index is 0.0863. The number of carbonyl (C=O) groups is 2. The largest absolute Gasteiger partial charge is 0.448 e. The molecule has 1 spiro atoms. The Labute approximate surface area is 212 Å². The molecule has 3 aliphatic rings. The molecule has 2 aromatic rings. The molecule has 2 unspecified atom stereocenters. The summed E-state index contributed by atoms with van der Waals surface area (Å²) in [6.07, 6.45) is -6.93. The van der Waals surface area contributed by atoms with Gasteiger partial charge in [-0.1, -0.05) is 54.3 Å². The lowest BCUT2D eigenvalue weighted by atomic mass is 9.79. The quantitative estimate of drug-likeness (QED) is 0.235. The summed E-state index contributed by atoms with van der Waals surface area (Å²) in [7, 11) is 0. The van der Waals surface area contributed by atoms with Gasteiger partial charge in [0.2, 0.25) is 0 Å².